The molecule has 1 unspecified atom stereocenters. The fraction of sp³-hybridized carbons (Fsp3) is 0.857. The highest BCUT2D eigenvalue weighted by Crippen LogP contribution is 1.94. The van der Waals surface area contributed by atoms with Crippen molar-refractivity contribution in [2.45, 2.75) is 13.8 Å². The normalized spacial score (nSPS) is 13.8. The number of nitrogens with one attached hydrogen (secondary N) is 2. The van der Waals surface area contributed by atoms with E-state index in [1.165, 1.54) is 6.92 Å². The summed E-state index contributed by atoms with van der Waals surface area (Å²) in [6.45, 7) is 3.61. The van der Waals surface area contributed by atoms with Crippen LogP contribution in [0.5, 0.6) is 0 Å². The Hall–Kier alpha value is -0.620. The van der Waals surface area contributed by atoms with Crippen molar-refractivity contribution in [3.8, 4) is 0 Å². The molecule has 0 radical (unpaired) electrons. The maximum Gasteiger partial charge on any atom is 0.237 e. The van der Waals surface area contributed by atoms with Crippen molar-refractivity contribution in [1.82, 2.24) is 10.0 Å². The summed E-state index contributed by atoms with van der Waals surface area (Å²) in [5, 5.41) is 2.80. The molecule has 0 aliphatic heterocycles. The van der Waals surface area contributed by atoms with Crippen LogP contribution >= 0.6 is 0 Å². The molecule has 0 saturated heterocycles. The van der Waals surface area contributed by atoms with Crippen molar-refractivity contribution in [2.75, 3.05) is 19.3 Å². The largest absolute Gasteiger partial charge is 0.319 e. The molecule has 0 saturated carbocycles. The minimum atomic E-state index is -3.41. The SMILES string of the molecule is CCS(=O)(=O)NC(=O)C(C)CNC. The lowest BCUT2D eigenvalue weighted by molar-refractivity contribution is -0.122. The molecule has 6 heteroatoms. The van der Waals surface area contributed by atoms with E-state index in [2.05, 4.69) is 5.32 Å². The standard InChI is InChI=1S/C7H16N2O3S/c1-4-13(11,12)9-7(10)6(2)5-8-3/h6,8H,4-5H2,1-3H3,(H,9,10). The summed E-state index contributed by atoms with van der Waals surface area (Å²) in [5.41, 5.74) is 0. The molecule has 0 aromatic rings. The van der Waals surface area contributed by atoms with Gasteiger partial charge < -0.3 is 5.32 Å². The molecule has 0 aliphatic rings. The highest BCUT2D eigenvalue weighted by molar-refractivity contribution is 7.90. The van der Waals surface area contributed by atoms with Crippen LogP contribution in [0.1, 0.15) is 13.8 Å². The fourth-order valence-corrected chi connectivity index (χ4v) is 1.38. The van der Waals surface area contributed by atoms with E-state index in [4.69, 9.17) is 0 Å². The van der Waals surface area contributed by atoms with Gasteiger partial charge in [0.05, 0.1) is 5.75 Å². The van der Waals surface area contributed by atoms with Crippen LogP contribution in [0.25, 0.3) is 0 Å². The lowest BCUT2D eigenvalue weighted by Crippen LogP contribution is -2.38. The van der Waals surface area contributed by atoms with Crippen molar-refractivity contribution >= 4 is 15.9 Å². The van der Waals surface area contributed by atoms with Crippen LogP contribution in [0, 0.1) is 5.92 Å². The second-order valence-electron chi connectivity index (χ2n) is 2.83. The summed E-state index contributed by atoms with van der Waals surface area (Å²) in [5.74, 6) is -0.882. The topological polar surface area (TPSA) is 75.3 Å². The molecule has 0 fully saturated rings. The number of amides is 1. The minimum Gasteiger partial charge on any atom is -0.319 e. The van der Waals surface area contributed by atoms with E-state index in [0.717, 1.165) is 0 Å². The molecule has 78 valence electrons. The zero-order valence-corrected chi connectivity index (χ0v) is 8.94. The van der Waals surface area contributed by atoms with Gasteiger partial charge >= 0.3 is 0 Å². The second-order valence-corrected chi connectivity index (χ2v) is 4.84. The Bertz CT molecular complexity index is 261. The zero-order chi connectivity index (χ0) is 10.5. The number of carbonyl (C=O) groups is 1. The quantitative estimate of drug-likeness (QED) is 0.627. The predicted molar refractivity (Wildman–Crippen MR) is 50.7 cm³/mol. The summed E-state index contributed by atoms with van der Waals surface area (Å²) in [6, 6.07) is 0. The molecule has 0 rings (SSSR count). The third-order valence-electron chi connectivity index (χ3n) is 1.59. The van der Waals surface area contributed by atoms with Crippen molar-refractivity contribution in [2.24, 2.45) is 5.92 Å². The number of hydrogen-bond acceptors (Lipinski definition) is 4. The highest BCUT2D eigenvalue weighted by Gasteiger charge is 2.17. The molecule has 13 heavy (non-hydrogen) atoms. The minimum absolute atomic E-state index is 0.0784. The monoisotopic (exact) mass is 208 g/mol. The van der Waals surface area contributed by atoms with Gasteiger partial charge in [0.2, 0.25) is 15.9 Å². The van der Waals surface area contributed by atoms with Crippen LogP contribution in [0.4, 0.5) is 0 Å². The first-order valence-corrected chi connectivity index (χ1v) is 5.77. The van der Waals surface area contributed by atoms with Gasteiger partial charge in [-0.1, -0.05) is 6.92 Å². The molecule has 0 aromatic carbocycles. The van der Waals surface area contributed by atoms with E-state index in [1.807, 2.05) is 4.72 Å². The van der Waals surface area contributed by atoms with E-state index < -0.39 is 15.9 Å². The number of carbonyl (C=O) groups excluding carboxylic acids is 1. The van der Waals surface area contributed by atoms with Crippen LogP contribution in [0.15, 0.2) is 0 Å². The molecule has 1 amide bonds. The Labute approximate surface area is 79.0 Å². The van der Waals surface area contributed by atoms with Gasteiger partial charge in [-0.3, -0.25) is 9.52 Å². The molecule has 5 nitrogen and oxygen atoms in total. The predicted octanol–water partition coefficient (Wildman–Crippen LogP) is -0.692. The molecule has 0 bridgehead atoms. The maximum atomic E-state index is 11.2. The average Bonchev–Trinajstić information content (AvgIpc) is 2.04. The van der Waals surface area contributed by atoms with Crippen LogP contribution in [-0.2, 0) is 14.8 Å². The van der Waals surface area contributed by atoms with E-state index in [-0.39, 0.29) is 11.7 Å². The zero-order valence-electron chi connectivity index (χ0n) is 8.12. The van der Waals surface area contributed by atoms with E-state index >= 15 is 0 Å². The molecule has 1 atom stereocenters. The smallest absolute Gasteiger partial charge is 0.237 e. The fourth-order valence-electron chi connectivity index (χ4n) is 0.725. The van der Waals surface area contributed by atoms with Crippen LogP contribution in [-0.4, -0.2) is 33.7 Å². The Kier molecular flexibility index (Phi) is 4.94. The first-order chi connectivity index (χ1) is 5.93. The van der Waals surface area contributed by atoms with Gasteiger partial charge in [-0.25, -0.2) is 8.42 Å². The number of sulfonamides is 1. The van der Waals surface area contributed by atoms with Gasteiger partial charge in [0, 0.05) is 12.5 Å². The van der Waals surface area contributed by atoms with Crippen LogP contribution in [0.2, 0.25) is 0 Å². The average molecular weight is 208 g/mol. The summed E-state index contributed by atoms with van der Waals surface area (Å²) in [4.78, 5) is 11.2. The van der Waals surface area contributed by atoms with Crippen molar-refractivity contribution in [1.29, 1.82) is 0 Å². The first kappa shape index (κ1) is 12.4. The van der Waals surface area contributed by atoms with Crippen molar-refractivity contribution in [3.05, 3.63) is 0 Å². The summed E-state index contributed by atoms with van der Waals surface area (Å²) in [6.07, 6.45) is 0. The van der Waals surface area contributed by atoms with Crippen molar-refractivity contribution < 1.29 is 13.2 Å². The maximum absolute atomic E-state index is 11.2. The summed E-state index contributed by atoms with van der Waals surface area (Å²) in [7, 11) is -1.70. The molecule has 0 heterocycles. The Morgan fingerprint density at radius 3 is 2.38 bits per heavy atom. The Morgan fingerprint density at radius 1 is 1.46 bits per heavy atom. The number of hydrogen-bond donors (Lipinski definition) is 2. The van der Waals surface area contributed by atoms with E-state index in [1.54, 1.807) is 14.0 Å². The molecule has 2 N–H and O–H groups in total. The van der Waals surface area contributed by atoms with Gasteiger partial charge in [-0.2, -0.15) is 0 Å². The van der Waals surface area contributed by atoms with Gasteiger partial charge in [0.15, 0.2) is 0 Å². The lowest BCUT2D eigenvalue weighted by Gasteiger charge is -2.10. The Morgan fingerprint density at radius 2 is 2.00 bits per heavy atom. The molecular weight excluding hydrogens is 192 g/mol. The van der Waals surface area contributed by atoms with Crippen LogP contribution < -0.4 is 10.0 Å². The molecule has 0 spiro atoms. The summed E-state index contributed by atoms with van der Waals surface area (Å²) >= 11 is 0. The van der Waals surface area contributed by atoms with Gasteiger partial charge in [0.1, 0.15) is 0 Å². The highest BCUT2D eigenvalue weighted by atomic mass is 32.2. The van der Waals surface area contributed by atoms with E-state index in [0.29, 0.717) is 6.54 Å². The Balaban J connectivity index is 4.16. The van der Waals surface area contributed by atoms with Crippen molar-refractivity contribution in [3.63, 3.8) is 0 Å². The first-order valence-electron chi connectivity index (χ1n) is 4.12. The number of rotatable bonds is 5. The van der Waals surface area contributed by atoms with Gasteiger partial charge in [-0.15, -0.1) is 0 Å². The molecule has 0 aromatic heterocycles. The summed E-state index contributed by atoms with van der Waals surface area (Å²) < 4.78 is 23.9. The van der Waals surface area contributed by atoms with Gasteiger partial charge in [0.25, 0.3) is 0 Å². The van der Waals surface area contributed by atoms with Gasteiger partial charge in [-0.05, 0) is 14.0 Å². The lowest BCUT2D eigenvalue weighted by atomic mass is 10.2. The third-order valence-corrected chi connectivity index (χ3v) is 2.87. The molecular formula is C7H16N2O3S. The second kappa shape index (κ2) is 5.18. The molecule has 0 aliphatic carbocycles. The van der Waals surface area contributed by atoms with Crippen LogP contribution in [0.3, 0.4) is 0 Å². The van der Waals surface area contributed by atoms with E-state index in [9.17, 15) is 13.2 Å². The third kappa shape index (κ3) is 4.84.